The van der Waals surface area contributed by atoms with Crippen LogP contribution in [-0.4, -0.2) is 36.1 Å². The summed E-state index contributed by atoms with van der Waals surface area (Å²) in [5.41, 5.74) is 1.22. The second-order valence-electron chi connectivity index (χ2n) is 4.40. The summed E-state index contributed by atoms with van der Waals surface area (Å²) in [6.07, 6.45) is 4.41. The van der Waals surface area contributed by atoms with Crippen LogP contribution in [0.2, 0.25) is 5.15 Å². The average molecular weight is 276 g/mol. The molecule has 1 N–H and O–H groups in total. The SMILES string of the molecule is CN(Cc1ccc(Cl)nc1)[C@@H]1CCCNC1.Cl. The monoisotopic (exact) mass is 275 g/mol. The van der Waals surface area contributed by atoms with Crippen molar-refractivity contribution in [2.45, 2.75) is 25.4 Å². The molecule has 17 heavy (non-hydrogen) atoms. The Morgan fingerprint density at radius 3 is 2.94 bits per heavy atom. The van der Waals surface area contributed by atoms with E-state index in [-0.39, 0.29) is 12.4 Å². The molecule has 2 rings (SSSR count). The fourth-order valence-corrected chi connectivity index (χ4v) is 2.24. The highest BCUT2D eigenvalue weighted by atomic mass is 35.5. The van der Waals surface area contributed by atoms with Gasteiger partial charge in [0.25, 0.3) is 0 Å². The van der Waals surface area contributed by atoms with Crippen LogP contribution in [0.3, 0.4) is 0 Å². The van der Waals surface area contributed by atoms with E-state index >= 15 is 0 Å². The number of nitrogens with one attached hydrogen (secondary N) is 1. The highest BCUT2D eigenvalue weighted by Crippen LogP contribution is 2.13. The zero-order chi connectivity index (χ0) is 11.4. The standard InChI is InChI=1S/C12H18ClN3.ClH/c1-16(11-3-2-6-14-8-11)9-10-4-5-12(13)15-7-10;/h4-5,7,11,14H,2-3,6,8-9H2,1H3;1H/t11-;/m1./s1. The van der Waals surface area contributed by atoms with E-state index in [9.17, 15) is 0 Å². The Hall–Kier alpha value is -0.350. The third-order valence-electron chi connectivity index (χ3n) is 3.11. The van der Waals surface area contributed by atoms with Gasteiger partial charge in [0.15, 0.2) is 0 Å². The maximum absolute atomic E-state index is 5.76. The molecular weight excluding hydrogens is 257 g/mol. The summed E-state index contributed by atoms with van der Waals surface area (Å²) in [6.45, 7) is 3.20. The first-order valence-corrected chi connectivity index (χ1v) is 6.15. The van der Waals surface area contributed by atoms with Crippen LogP contribution < -0.4 is 5.32 Å². The molecule has 0 spiro atoms. The number of pyridine rings is 1. The van der Waals surface area contributed by atoms with Crippen LogP contribution >= 0.6 is 24.0 Å². The summed E-state index contributed by atoms with van der Waals surface area (Å²) in [5.74, 6) is 0. The molecule has 1 fully saturated rings. The third-order valence-corrected chi connectivity index (χ3v) is 3.34. The predicted molar refractivity (Wildman–Crippen MR) is 73.9 cm³/mol. The number of aromatic nitrogens is 1. The van der Waals surface area contributed by atoms with Crippen molar-refractivity contribution in [1.82, 2.24) is 15.2 Å². The Kier molecular flexibility index (Phi) is 6.20. The molecular formula is C12H19Cl2N3. The summed E-state index contributed by atoms with van der Waals surface area (Å²) in [7, 11) is 2.17. The maximum Gasteiger partial charge on any atom is 0.129 e. The number of piperidine rings is 1. The number of nitrogens with zero attached hydrogens (tertiary/aromatic N) is 2. The van der Waals surface area contributed by atoms with E-state index in [1.807, 2.05) is 18.3 Å². The van der Waals surface area contributed by atoms with Crippen molar-refractivity contribution in [3.8, 4) is 0 Å². The van der Waals surface area contributed by atoms with E-state index in [1.165, 1.54) is 18.4 Å². The summed E-state index contributed by atoms with van der Waals surface area (Å²) in [4.78, 5) is 6.49. The first-order chi connectivity index (χ1) is 7.75. The van der Waals surface area contributed by atoms with Gasteiger partial charge in [-0.25, -0.2) is 4.98 Å². The normalized spacial score (nSPS) is 20.1. The van der Waals surface area contributed by atoms with Gasteiger partial charge in [-0.05, 0) is 38.1 Å². The van der Waals surface area contributed by atoms with Gasteiger partial charge in [0, 0.05) is 25.3 Å². The van der Waals surface area contributed by atoms with E-state index in [1.54, 1.807) is 0 Å². The van der Waals surface area contributed by atoms with Gasteiger partial charge in [-0.3, -0.25) is 4.90 Å². The van der Waals surface area contributed by atoms with E-state index in [2.05, 4.69) is 22.2 Å². The lowest BCUT2D eigenvalue weighted by atomic mass is 10.1. The lowest BCUT2D eigenvalue weighted by Gasteiger charge is -2.31. The summed E-state index contributed by atoms with van der Waals surface area (Å²) >= 11 is 5.76. The first-order valence-electron chi connectivity index (χ1n) is 5.77. The van der Waals surface area contributed by atoms with Crippen LogP contribution in [0.4, 0.5) is 0 Å². The molecule has 1 aliphatic rings. The fourth-order valence-electron chi connectivity index (χ4n) is 2.13. The van der Waals surface area contributed by atoms with Crippen molar-refractivity contribution in [3.05, 3.63) is 29.0 Å². The van der Waals surface area contributed by atoms with Crippen LogP contribution in [0.5, 0.6) is 0 Å². The van der Waals surface area contributed by atoms with Crippen molar-refractivity contribution in [3.63, 3.8) is 0 Å². The summed E-state index contributed by atoms with van der Waals surface area (Å²) in [6, 6.07) is 4.54. The van der Waals surface area contributed by atoms with Crippen LogP contribution in [0.25, 0.3) is 0 Å². The smallest absolute Gasteiger partial charge is 0.129 e. The van der Waals surface area contributed by atoms with Gasteiger partial charge in [-0.15, -0.1) is 12.4 Å². The molecule has 0 amide bonds. The number of rotatable bonds is 3. The molecule has 3 nitrogen and oxygen atoms in total. The highest BCUT2D eigenvalue weighted by Gasteiger charge is 2.17. The fraction of sp³-hybridized carbons (Fsp3) is 0.583. The van der Waals surface area contributed by atoms with E-state index in [4.69, 9.17) is 11.6 Å². The van der Waals surface area contributed by atoms with E-state index in [0.29, 0.717) is 11.2 Å². The zero-order valence-corrected chi connectivity index (χ0v) is 11.6. The molecule has 0 bridgehead atoms. The zero-order valence-electron chi connectivity index (χ0n) is 10.0. The quantitative estimate of drug-likeness (QED) is 0.859. The van der Waals surface area contributed by atoms with Crippen LogP contribution in [0.15, 0.2) is 18.3 Å². The van der Waals surface area contributed by atoms with Gasteiger partial charge < -0.3 is 5.32 Å². The summed E-state index contributed by atoms with van der Waals surface area (Å²) < 4.78 is 0. The van der Waals surface area contributed by atoms with Crippen molar-refractivity contribution in [1.29, 1.82) is 0 Å². The minimum absolute atomic E-state index is 0. The highest BCUT2D eigenvalue weighted by molar-refractivity contribution is 6.29. The molecule has 1 aliphatic heterocycles. The Morgan fingerprint density at radius 2 is 2.35 bits per heavy atom. The van der Waals surface area contributed by atoms with Gasteiger partial charge in [-0.2, -0.15) is 0 Å². The average Bonchev–Trinajstić information content (AvgIpc) is 2.33. The Morgan fingerprint density at radius 1 is 1.53 bits per heavy atom. The van der Waals surface area contributed by atoms with Crippen molar-refractivity contribution in [2.24, 2.45) is 0 Å². The van der Waals surface area contributed by atoms with E-state index < -0.39 is 0 Å². The Balaban J connectivity index is 0.00000144. The van der Waals surface area contributed by atoms with Gasteiger partial charge in [0.1, 0.15) is 5.15 Å². The van der Waals surface area contributed by atoms with Gasteiger partial charge >= 0.3 is 0 Å². The predicted octanol–water partition coefficient (Wildman–Crippen LogP) is 2.34. The molecule has 0 saturated carbocycles. The molecule has 2 heterocycles. The number of hydrogen-bond acceptors (Lipinski definition) is 3. The molecule has 1 aromatic rings. The molecule has 96 valence electrons. The number of halogens is 2. The molecule has 1 saturated heterocycles. The maximum atomic E-state index is 5.76. The molecule has 5 heteroatoms. The second kappa shape index (κ2) is 7.17. The molecule has 1 aromatic heterocycles. The largest absolute Gasteiger partial charge is 0.315 e. The lowest BCUT2D eigenvalue weighted by molar-refractivity contribution is 0.195. The van der Waals surface area contributed by atoms with Gasteiger partial charge in [0.05, 0.1) is 0 Å². The molecule has 0 aliphatic carbocycles. The number of likely N-dealkylation sites (N-methyl/N-ethyl adjacent to an activating group) is 1. The minimum Gasteiger partial charge on any atom is -0.315 e. The van der Waals surface area contributed by atoms with Crippen LogP contribution in [0, 0.1) is 0 Å². The van der Waals surface area contributed by atoms with Crippen LogP contribution in [0.1, 0.15) is 18.4 Å². The van der Waals surface area contributed by atoms with E-state index in [0.717, 1.165) is 19.6 Å². The molecule has 1 atom stereocenters. The Bertz CT molecular complexity index is 323. The van der Waals surface area contributed by atoms with Crippen LogP contribution in [-0.2, 0) is 6.54 Å². The summed E-state index contributed by atoms with van der Waals surface area (Å²) in [5, 5.41) is 3.99. The Labute approximate surface area is 114 Å². The molecule has 0 radical (unpaired) electrons. The third kappa shape index (κ3) is 4.43. The van der Waals surface area contributed by atoms with Crippen molar-refractivity contribution < 1.29 is 0 Å². The number of hydrogen-bond donors (Lipinski definition) is 1. The van der Waals surface area contributed by atoms with Crippen molar-refractivity contribution >= 4 is 24.0 Å². The lowest BCUT2D eigenvalue weighted by Crippen LogP contribution is -2.43. The van der Waals surface area contributed by atoms with Crippen molar-refractivity contribution in [2.75, 3.05) is 20.1 Å². The first kappa shape index (κ1) is 14.7. The topological polar surface area (TPSA) is 28.2 Å². The molecule has 0 aromatic carbocycles. The minimum atomic E-state index is 0. The molecule has 0 unspecified atom stereocenters. The second-order valence-corrected chi connectivity index (χ2v) is 4.79. The van der Waals surface area contributed by atoms with Gasteiger partial charge in [0.2, 0.25) is 0 Å². The van der Waals surface area contributed by atoms with Gasteiger partial charge in [-0.1, -0.05) is 17.7 Å².